The van der Waals surface area contributed by atoms with Crippen LogP contribution < -0.4 is 5.32 Å². The van der Waals surface area contributed by atoms with Gasteiger partial charge in [-0.05, 0) is 29.7 Å². The van der Waals surface area contributed by atoms with E-state index in [1.54, 1.807) is 11.8 Å². The van der Waals surface area contributed by atoms with Crippen molar-refractivity contribution in [3.63, 3.8) is 0 Å². The molecule has 2 aromatic rings. The highest BCUT2D eigenvalue weighted by Crippen LogP contribution is 2.28. The van der Waals surface area contributed by atoms with Gasteiger partial charge in [-0.1, -0.05) is 30.3 Å². The van der Waals surface area contributed by atoms with Gasteiger partial charge in [-0.3, -0.25) is 4.79 Å². The molecule has 0 saturated carbocycles. The molecule has 1 aromatic carbocycles. The summed E-state index contributed by atoms with van der Waals surface area (Å²) in [6.45, 7) is 0.0848. The van der Waals surface area contributed by atoms with Gasteiger partial charge in [0.15, 0.2) is 0 Å². The van der Waals surface area contributed by atoms with Crippen molar-refractivity contribution in [3.8, 4) is 11.1 Å². The molecule has 2 N–H and O–H groups in total. The average molecular weight is 321 g/mol. The minimum atomic E-state index is -0.0589. The number of aliphatic hydroxyl groups excluding tert-OH is 1. The number of hydrogen-bond acceptors (Lipinski definition) is 4. The minimum absolute atomic E-state index is 0.00298. The van der Waals surface area contributed by atoms with Crippen LogP contribution >= 0.6 is 23.1 Å². The maximum atomic E-state index is 12.5. The van der Waals surface area contributed by atoms with Crippen LogP contribution in [0.5, 0.6) is 0 Å². The average Bonchev–Trinajstić information content (AvgIpc) is 2.98. The number of amides is 1. The Bertz CT molecular complexity index is 563. The van der Waals surface area contributed by atoms with E-state index in [1.807, 2.05) is 48.0 Å². The molecule has 0 aliphatic carbocycles. The number of hydrogen-bond donors (Lipinski definition) is 2. The number of carbonyl (C=O) groups excluding carboxylic acids is 1. The van der Waals surface area contributed by atoms with Crippen LogP contribution in [0.3, 0.4) is 0 Å². The first-order chi connectivity index (χ1) is 10.3. The summed E-state index contributed by atoms with van der Waals surface area (Å²) in [5, 5.41) is 14.0. The third-order valence-corrected chi connectivity index (χ3v) is 4.79. The Morgan fingerprint density at radius 2 is 2.10 bits per heavy atom. The number of carbonyl (C=O) groups is 1. The quantitative estimate of drug-likeness (QED) is 0.823. The van der Waals surface area contributed by atoms with Crippen molar-refractivity contribution in [2.24, 2.45) is 0 Å². The summed E-state index contributed by atoms with van der Waals surface area (Å²) in [5.41, 5.74) is 2.01. The second kappa shape index (κ2) is 8.22. The molecule has 0 saturated heterocycles. The maximum absolute atomic E-state index is 12.5. The molecule has 0 fully saturated rings. The van der Waals surface area contributed by atoms with E-state index in [0.29, 0.717) is 6.42 Å². The first kappa shape index (κ1) is 16.1. The molecule has 3 nitrogen and oxygen atoms in total. The number of benzene rings is 1. The SMILES string of the molecule is CSCC(CCO)NC(=O)c1sccc1-c1ccccc1. The number of thioether (sulfide) groups is 1. The number of thiophene rings is 1. The molecule has 0 aliphatic rings. The molecule has 1 atom stereocenters. The normalized spacial score (nSPS) is 12.1. The topological polar surface area (TPSA) is 49.3 Å². The molecule has 0 radical (unpaired) electrons. The predicted molar refractivity (Wildman–Crippen MR) is 91.1 cm³/mol. The highest BCUT2D eigenvalue weighted by atomic mass is 32.2. The molecule has 2 rings (SSSR count). The molecule has 1 amide bonds. The zero-order chi connectivity index (χ0) is 15.1. The number of nitrogens with one attached hydrogen (secondary N) is 1. The van der Waals surface area contributed by atoms with Crippen LogP contribution in [0.2, 0.25) is 0 Å². The first-order valence-corrected chi connectivity index (χ1v) is 9.07. The lowest BCUT2D eigenvalue weighted by Gasteiger charge is -2.16. The minimum Gasteiger partial charge on any atom is -0.396 e. The molecular formula is C16H19NO2S2. The van der Waals surface area contributed by atoms with Gasteiger partial charge in [-0.2, -0.15) is 11.8 Å². The number of rotatable bonds is 7. The Labute approximate surface area is 133 Å². The van der Waals surface area contributed by atoms with Gasteiger partial charge in [0, 0.05) is 24.0 Å². The predicted octanol–water partition coefficient (Wildman–Crippen LogP) is 3.26. The van der Waals surface area contributed by atoms with Gasteiger partial charge in [0.25, 0.3) is 5.91 Å². The van der Waals surface area contributed by atoms with Gasteiger partial charge >= 0.3 is 0 Å². The van der Waals surface area contributed by atoms with Gasteiger partial charge in [0.2, 0.25) is 0 Å². The molecule has 1 aromatic heterocycles. The van der Waals surface area contributed by atoms with Crippen molar-refractivity contribution in [2.75, 3.05) is 18.6 Å². The van der Waals surface area contributed by atoms with Gasteiger partial charge in [0.1, 0.15) is 0 Å². The van der Waals surface area contributed by atoms with Gasteiger partial charge in [-0.15, -0.1) is 11.3 Å². The van der Waals surface area contributed by atoms with E-state index >= 15 is 0 Å². The van der Waals surface area contributed by atoms with Gasteiger partial charge in [0.05, 0.1) is 4.88 Å². The van der Waals surface area contributed by atoms with Crippen LogP contribution in [0.15, 0.2) is 41.8 Å². The molecule has 5 heteroatoms. The third kappa shape index (κ3) is 4.33. The zero-order valence-electron chi connectivity index (χ0n) is 11.9. The van der Waals surface area contributed by atoms with E-state index < -0.39 is 0 Å². The lowest BCUT2D eigenvalue weighted by Crippen LogP contribution is -2.37. The molecule has 1 unspecified atom stereocenters. The van der Waals surface area contributed by atoms with E-state index in [4.69, 9.17) is 5.11 Å². The van der Waals surface area contributed by atoms with Crippen molar-refractivity contribution >= 4 is 29.0 Å². The summed E-state index contributed by atoms with van der Waals surface area (Å²) in [7, 11) is 0. The summed E-state index contributed by atoms with van der Waals surface area (Å²) in [4.78, 5) is 13.2. The van der Waals surface area contributed by atoms with E-state index in [-0.39, 0.29) is 18.6 Å². The lowest BCUT2D eigenvalue weighted by molar-refractivity contribution is 0.0940. The van der Waals surface area contributed by atoms with Crippen LogP contribution in [-0.4, -0.2) is 35.7 Å². The summed E-state index contributed by atoms with van der Waals surface area (Å²) in [6, 6.07) is 11.9. The Morgan fingerprint density at radius 1 is 1.33 bits per heavy atom. The Kier molecular flexibility index (Phi) is 6.29. The standard InChI is InChI=1S/C16H19NO2S2/c1-20-11-13(7-9-18)17-16(19)15-14(8-10-21-15)12-5-3-2-4-6-12/h2-6,8,10,13,18H,7,9,11H2,1H3,(H,17,19). The van der Waals surface area contributed by atoms with Crippen LogP contribution in [-0.2, 0) is 0 Å². The van der Waals surface area contributed by atoms with Gasteiger partial charge in [-0.25, -0.2) is 0 Å². The van der Waals surface area contributed by atoms with E-state index in [2.05, 4.69) is 5.32 Å². The third-order valence-electron chi connectivity index (χ3n) is 3.14. The first-order valence-electron chi connectivity index (χ1n) is 6.79. The monoisotopic (exact) mass is 321 g/mol. The summed E-state index contributed by atoms with van der Waals surface area (Å²) < 4.78 is 0. The zero-order valence-corrected chi connectivity index (χ0v) is 13.5. The van der Waals surface area contributed by atoms with E-state index in [1.165, 1.54) is 11.3 Å². The van der Waals surface area contributed by atoms with Crippen LogP contribution in [0, 0.1) is 0 Å². The van der Waals surface area contributed by atoms with Crippen LogP contribution in [0.4, 0.5) is 0 Å². The van der Waals surface area contributed by atoms with Gasteiger partial charge < -0.3 is 10.4 Å². The fourth-order valence-electron chi connectivity index (χ4n) is 2.14. The van der Waals surface area contributed by atoms with Crippen molar-refractivity contribution in [1.82, 2.24) is 5.32 Å². The van der Waals surface area contributed by atoms with Crippen LogP contribution in [0.1, 0.15) is 16.1 Å². The molecule has 0 aliphatic heterocycles. The van der Waals surface area contributed by atoms with Crippen molar-refractivity contribution in [2.45, 2.75) is 12.5 Å². The van der Waals surface area contributed by atoms with Crippen molar-refractivity contribution in [3.05, 3.63) is 46.7 Å². The fraction of sp³-hybridized carbons (Fsp3) is 0.312. The maximum Gasteiger partial charge on any atom is 0.262 e. The second-order valence-corrected chi connectivity index (χ2v) is 6.49. The molecule has 112 valence electrons. The van der Waals surface area contributed by atoms with Crippen LogP contribution in [0.25, 0.3) is 11.1 Å². The largest absolute Gasteiger partial charge is 0.396 e. The Morgan fingerprint density at radius 3 is 2.76 bits per heavy atom. The Balaban J connectivity index is 2.15. The summed E-state index contributed by atoms with van der Waals surface area (Å²) in [5.74, 6) is 0.745. The molecular weight excluding hydrogens is 302 g/mol. The highest BCUT2D eigenvalue weighted by molar-refractivity contribution is 7.98. The molecule has 0 spiro atoms. The van der Waals surface area contributed by atoms with Crippen molar-refractivity contribution in [1.29, 1.82) is 0 Å². The van der Waals surface area contributed by atoms with E-state index in [0.717, 1.165) is 21.8 Å². The van der Waals surface area contributed by atoms with Crippen molar-refractivity contribution < 1.29 is 9.90 Å². The summed E-state index contributed by atoms with van der Waals surface area (Å²) in [6.07, 6.45) is 2.58. The Hall–Kier alpha value is -1.30. The van der Waals surface area contributed by atoms with E-state index in [9.17, 15) is 4.79 Å². The molecule has 21 heavy (non-hydrogen) atoms. The number of aliphatic hydroxyl groups is 1. The summed E-state index contributed by atoms with van der Waals surface area (Å²) >= 11 is 3.12. The molecule has 0 bridgehead atoms. The lowest BCUT2D eigenvalue weighted by atomic mass is 10.1. The smallest absolute Gasteiger partial charge is 0.262 e. The highest BCUT2D eigenvalue weighted by Gasteiger charge is 2.18. The fourth-order valence-corrected chi connectivity index (χ4v) is 3.61. The molecule has 1 heterocycles. The second-order valence-electron chi connectivity index (χ2n) is 4.67.